The summed E-state index contributed by atoms with van der Waals surface area (Å²) >= 11 is 1.28. The number of rotatable bonds is 6. The number of aromatic nitrogens is 1. The molecule has 172 valence electrons. The lowest BCUT2D eigenvalue weighted by Crippen LogP contribution is -2.39. The molecule has 34 heavy (non-hydrogen) atoms. The summed E-state index contributed by atoms with van der Waals surface area (Å²) in [6.45, 7) is 5.92. The fraction of sp³-hybridized carbons (Fsp3) is 0.222. The molecule has 0 saturated heterocycles. The first kappa shape index (κ1) is 23.3. The number of carbonyl (C=O) groups excluding carboxylic acids is 1. The molecule has 3 aromatic rings. The van der Waals surface area contributed by atoms with Gasteiger partial charge in [-0.15, -0.1) is 6.42 Å². The third-order valence-electron chi connectivity index (χ3n) is 5.39. The SMILES string of the molecule is C#CCOc1cccc(/C=c2\sc3n(c2=O)[C@@H](c2ccc(C)cc2)C(C(=O)OCC)=C(C)N=3)c1. The summed E-state index contributed by atoms with van der Waals surface area (Å²) in [6.07, 6.45) is 7.07. The summed E-state index contributed by atoms with van der Waals surface area (Å²) in [5, 5.41) is 0. The van der Waals surface area contributed by atoms with Gasteiger partial charge in [-0.1, -0.05) is 59.2 Å². The second-order valence-corrected chi connectivity index (χ2v) is 8.79. The average molecular weight is 473 g/mol. The number of terminal acetylenes is 1. The van der Waals surface area contributed by atoms with Crippen LogP contribution in [0.25, 0.3) is 6.08 Å². The van der Waals surface area contributed by atoms with Crippen LogP contribution in [0.4, 0.5) is 0 Å². The van der Waals surface area contributed by atoms with Gasteiger partial charge in [0.15, 0.2) is 4.80 Å². The number of esters is 1. The van der Waals surface area contributed by atoms with E-state index >= 15 is 0 Å². The summed E-state index contributed by atoms with van der Waals surface area (Å²) in [6, 6.07) is 14.5. The van der Waals surface area contributed by atoms with Crippen LogP contribution < -0.4 is 19.6 Å². The predicted octanol–water partition coefficient (Wildman–Crippen LogP) is 3.12. The summed E-state index contributed by atoms with van der Waals surface area (Å²) in [4.78, 5) is 31.7. The summed E-state index contributed by atoms with van der Waals surface area (Å²) < 4.78 is 12.9. The van der Waals surface area contributed by atoms with Crippen LogP contribution in [0, 0.1) is 19.3 Å². The van der Waals surface area contributed by atoms with Crippen LogP contribution in [-0.4, -0.2) is 23.8 Å². The minimum atomic E-state index is -0.622. The number of nitrogens with zero attached hydrogens (tertiary/aromatic N) is 2. The quantitative estimate of drug-likeness (QED) is 0.408. The number of hydrogen-bond donors (Lipinski definition) is 0. The van der Waals surface area contributed by atoms with Gasteiger partial charge in [-0.25, -0.2) is 9.79 Å². The highest BCUT2D eigenvalue weighted by molar-refractivity contribution is 7.07. The number of benzene rings is 2. The first-order valence-corrected chi connectivity index (χ1v) is 11.7. The van der Waals surface area contributed by atoms with Crippen LogP contribution >= 0.6 is 11.3 Å². The predicted molar refractivity (Wildman–Crippen MR) is 132 cm³/mol. The van der Waals surface area contributed by atoms with Gasteiger partial charge in [-0.2, -0.15) is 0 Å². The van der Waals surface area contributed by atoms with E-state index in [0.717, 1.165) is 16.7 Å². The van der Waals surface area contributed by atoms with E-state index in [0.29, 0.717) is 26.4 Å². The fourth-order valence-corrected chi connectivity index (χ4v) is 4.87. The van der Waals surface area contributed by atoms with Gasteiger partial charge in [0.25, 0.3) is 5.56 Å². The van der Waals surface area contributed by atoms with E-state index < -0.39 is 12.0 Å². The maximum absolute atomic E-state index is 13.6. The molecule has 1 aliphatic rings. The van der Waals surface area contributed by atoms with Crippen molar-refractivity contribution in [2.45, 2.75) is 26.8 Å². The number of aryl methyl sites for hydroxylation is 1. The number of ether oxygens (including phenoxy) is 2. The monoisotopic (exact) mass is 472 g/mol. The fourth-order valence-electron chi connectivity index (χ4n) is 3.83. The van der Waals surface area contributed by atoms with E-state index in [1.54, 1.807) is 24.5 Å². The zero-order chi connectivity index (χ0) is 24.2. The van der Waals surface area contributed by atoms with Crippen LogP contribution in [0.5, 0.6) is 5.75 Å². The number of allylic oxidation sites excluding steroid dienone is 1. The molecule has 2 aromatic carbocycles. The Morgan fingerprint density at radius 2 is 2.00 bits per heavy atom. The molecule has 0 N–H and O–H groups in total. The largest absolute Gasteiger partial charge is 0.481 e. The lowest BCUT2D eigenvalue weighted by atomic mass is 9.95. The Balaban J connectivity index is 1.88. The van der Waals surface area contributed by atoms with E-state index in [1.807, 2.05) is 55.5 Å². The normalized spacial score (nSPS) is 15.4. The topological polar surface area (TPSA) is 69.9 Å². The van der Waals surface area contributed by atoms with E-state index in [9.17, 15) is 9.59 Å². The molecular formula is C27H24N2O4S. The Kier molecular flexibility index (Phi) is 6.80. The smallest absolute Gasteiger partial charge is 0.338 e. The molecule has 1 atom stereocenters. The molecule has 0 amide bonds. The van der Waals surface area contributed by atoms with Gasteiger partial charge in [0.2, 0.25) is 0 Å². The third-order valence-corrected chi connectivity index (χ3v) is 6.37. The van der Waals surface area contributed by atoms with Crippen molar-refractivity contribution in [3.8, 4) is 18.1 Å². The summed E-state index contributed by atoms with van der Waals surface area (Å²) in [5.41, 5.74) is 3.39. The Hall–Kier alpha value is -3.89. The molecule has 1 aromatic heterocycles. The minimum absolute atomic E-state index is 0.165. The molecule has 0 bridgehead atoms. The van der Waals surface area contributed by atoms with Crippen LogP contribution in [0.15, 0.2) is 69.6 Å². The van der Waals surface area contributed by atoms with Crippen molar-refractivity contribution in [2.75, 3.05) is 13.2 Å². The van der Waals surface area contributed by atoms with Crippen molar-refractivity contribution >= 4 is 23.4 Å². The molecule has 0 spiro atoms. The maximum Gasteiger partial charge on any atom is 0.338 e. The van der Waals surface area contributed by atoms with Gasteiger partial charge in [0, 0.05) is 0 Å². The molecule has 0 fully saturated rings. The van der Waals surface area contributed by atoms with Gasteiger partial charge >= 0.3 is 5.97 Å². The number of thiazole rings is 1. The van der Waals surface area contributed by atoms with Crippen molar-refractivity contribution in [1.29, 1.82) is 0 Å². The highest BCUT2D eigenvalue weighted by Crippen LogP contribution is 2.30. The van der Waals surface area contributed by atoms with Crippen LogP contribution in [0.2, 0.25) is 0 Å². The highest BCUT2D eigenvalue weighted by atomic mass is 32.1. The molecule has 1 aliphatic heterocycles. The Labute approximate surface area is 201 Å². The van der Waals surface area contributed by atoms with Gasteiger partial charge in [-0.3, -0.25) is 9.36 Å². The van der Waals surface area contributed by atoms with Gasteiger partial charge in [0.05, 0.1) is 28.5 Å². The van der Waals surface area contributed by atoms with Crippen molar-refractivity contribution in [3.05, 3.63) is 96.2 Å². The average Bonchev–Trinajstić information content (AvgIpc) is 3.12. The van der Waals surface area contributed by atoms with E-state index in [-0.39, 0.29) is 18.8 Å². The van der Waals surface area contributed by atoms with E-state index in [1.165, 1.54) is 11.3 Å². The van der Waals surface area contributed by atoms with Gasteiger partial charge < -0.3 is 9.47 Å². The number of fused-ring (bicyclic) bond motifs is 1. The van der Waals surface area contributed by atoms with Crippen molar-refractivity contribution in [1.82, 2.24) is 4.57 Å². The van der Waals surface area contributed by atoms with Crippen molar-refractivity contribution in [3.63, 3.8) is 0 Å². The lowest BCUT2D eigenvalue weighted by molar-refractivity contribution is -0.139. The Morgan fingerprint density at radius 1 is 1.24 bits per heavy atom. The molecule has 7 heteroatoms. The molecular weight excluding hydrogens is 448 g/mol. The Bertz CT molecular complexity index is 1490. The molecule has 0 unspecified atom stereocenters. The van der Waals surface area contributed by atoms with Crippen LogP contribution in [0.1, 0.15) is 36.6 Å². The zero-order valence-electron chi connectivity index (χ0n) is 19.2. The standard InChI is InChI=1S/C27H24N2O4S/c1-5-14-33-21-9-7-8-19(15-21)16-22-25(30)29-24(20-12-10-17(3)11-13-20)23(26(31)32-6-2)18(4)28-27(29)34-22/h1,7-13,15-16,24H,6,14H2,2-4H3/b22-16-/t24-/m0/s1. The van der Waals surface area contributed by atoms with Crippen LogP contribution in [0.3, 0.4) is 0 Å². The summed E-state index contributed by atoms with van der Waals surface area (Å²) in [7, 11) is 0. The second kappa shape index (κ2) is 9.94. The first-order valence-electron chi connectivity index (χ1n) is 10.9. The molecule has 4 rings (SSSR count). The van der Waals surface area contributed by atoms with Gasteiger partial charge in [-0.05, 0) is 50.1 Å². The number of hydrogen-bond acceptors (Lipinski definition) is 6. The number of carbonyl (C=O) groups is 1. The minimum Gasteiger partial charge on any atom is -0.481 e. The van der Waals surface area contributed by atoms with E-state index in [4.69, 9.17) is 15.9 Å². The van der Waals surface area contributed by atoms with Crippen molar-refractivity contribution in [2.24, 2.45) is 4.99 Å². The van der Waals surface area contributed by atoms with Gasteiger partial charge in [0.1, 0.15) is 12.4 Å². The highest BCUT2D eigenvalue weighted by Gasteiger charge is 2.33. The van der Waals surface area contributed by atoms with E-state index in [2.05, 4.69) is 10.9 Å². The Morgan fingerprint density at radius 3 is 2.71 bits per heavy atom. The third kappa shape index (κ3) is 4.59. The lowest BCUT2D eigenvalue weighted by Gasteiger charge is -2.24. The van der Waals surface area contributed by atoms with Crippen molar-refractivity contribution < 1.29 is 14.3 Å². The first-order chi connectivity index (χ1) is 16.4. The molecule has 0 saturated carbocycles. The molecule has 0 radical (unpaired) electrons. The summed E-state index contributed by atoms with van der Waals surface area (Å²) in [5.74, 6) is 2.59. The molecule has 0 aliphatic carbocycles. The molecule has 2 heterocycles. The second-order valence-electron chi connectivity index (χ2n) is 7.78. The maximum atomic E-state index is 13.6. The molecule has 6 nitrogen and oxygen atoms in total. The zero-order valence-corrected chi connectivity index (χ0v) is 20.0. The van der Waals surface area contributed by atoms with Crippen LogP contribution in [-0.2, 0) is 9.53 Å².